The average molecular weight is 428 g/mol. The zero-order valence-electron chi connectivity index (χ0n) is 15.3. The number of benzene rings is 3. The molecule has 0 aliphatic rings. The van der Waals surface area contributed by atoms with Gasteiger partial charge in [-0.3, -0.25) is 5.32 Å². The molecule has 0 heterocycles. The molecular weight excluding hydrogens is 410 g/mol. The Hall–Kier alpha value is -3.09. The fourth-order valence-corrected chi connectivity index (χ4v) is 3.96. The number of ether oxygens (including phenoxy) is 1. The molecule has 7 heteroatoms. The highest BCUT2D eigenvalue weighted by Crippen LogP contribution is 2.22. The van der Waals surface area contributed by atoms with Crippen molar-refractivity contribution in [1.29, 1.82) is 0 Å². The first-order chi connectivity index (χ1) is 13.9. The predicted molar refractivity (Wildman–Crippen MR) is 114 cm³/mol. The van der Waals surface area contributed by atoms with E-state index in [2.05, 4.69) is 5.32 Å². The lowest BCUT2D eigenvalue weighted by atomic mass is 10.2. The van der Waals surface area contributed by atoms with Crippen LogP contribution in [0.4, 0.5) is 10.5 Å². The van der Waals surface area contributed by atoms with Crippen LogP contribution in [0.3, 0.4) is 0 Å². The molecule has 0 aliphatic heterocycles. The Labute approximate surface area is 174 Å². The van der Waals surface area contributed by atoms with Crippen molar-refractivity contribution >= 4 is 39.3 Å². The van der Waals surface area contributed by atoms with E-state index < -0.39 is 22.5 Å². The summed E-state index contributed by atoms with van der Waals surface area (Å²) >= 11 is 5.82. The minimum absolute atomic E-state index is 0.0267. The maximum Gasteiger partial charge on any atom is 0.411 e. The van der Waals surface area contributed by atoms with Crippen molar-refractivity contribution < 1.29 is 17.9 Å². The molecule has 0 unspecified atom stereocenters. The minimum Gasteiger partial charge on any atom is -0.444 e. The van der Waals surface area contributed by atoms with Crippen molar-refractivity contribution in [2.75, 3.05) is 11.9 Å². The normalized spacial score (nSPS) is 11.7. The lowest BCUT2D eigenvalue weighted by Crippen LogP contribution is -2.18. The maximum atomic E-state index is 13.1. The van der Waals surface area contributed by atoms with Gasteiger partial charge < -0.3 is 4.74 Å². The van der Waals surface area contributed by atoms with Crippen molar-refractivity contribution in [3.05, 3.63) is 100 Å². The Morgan fingerprint density at radius 1 is 0.897 bits per heavy atom. The van der Waals surface area contributed by atoms with Crippen LogP contribution < -0.4 is 5.32 Å². The number of hydrogen-bond donors (Lipinski definition) is 1. The van der Waals surface area contributed by atoms with Crippen LogP contribution in [0.15, 0.2) is 94.7 Å². The molecule has 0 aliphatic carbocycles. The molecular formula is C22H18ClNO4S. The van der Waals surface area contributed by atoms with Crippen molar-refractivity contribution in [2.45, 2.75) is 4.90 Å². The molecule has 148 valence electrons. The van der Waals surface area contributed by atoms with Gasteiger partial charge >= 0.3 is 6.09 Å². The molecule has 0 saturated heterocycles. The summed E-state index contributed by atoms with van der Waals surface area (Å²) in [5.41, 5.74) is 1.17. The van der Waals surface area contributed by atoms with Gasteiger partial charge in [0.2, 0.25) is 9.84 Å². The van der Waals surface area contributed by atoms with Crippen LogP contribution in [0.25, 0.3) is 6.08 Å². The molecule has 0 bridgehead atoms. The van der Waals surface area contributed by atoms with Crippen LogP contribution in [0.1, 0.15) is 5.56 Å². The molecule has 0 fully saturated rings. The lowest BCUT2D eigenvalue weighted by Gasteiger charge is -2.12. The number of carbonyl (C=O) groups excluding carboxylic acids is 1. The monoisotopic (exact) mass is 427 g/mol. The van der Waals surface area contributed by atoms with E-state index in [0.717, 1.165) is 0 Å². The molecule has 0 spiro atoms. The number of carbonyl (C=O) groups is 1. The number of halogens is 1. The number of nitrogens with one attached hydrogen (secondary N) is 1. The summed E-state index contributed by atoms with van der Waals surface area (Å²) in [5, 5.41) is 3.07. The molecule has 0 radical (unpaired) electrons. The van der Waals surface area contributed by atoms with Gasteiger partial charge in [0, 0.05) is 10.7 Å². The largest absolute Gasteiger partial charge is 0.444 e. The third-order valence-corrected chi connectivity index (χ3v) is 6.03. The summed E-state index contributed by atoms with van der Waals surface area (Å²) in [6, 6.07) is 23.5. The van der Waals surface area contributed by atoms with E-state index in [4.69, 9.17) is 16.3 Å². The van der Waals surface area contributed by atoms with Crippen LogP contribution in [0.5, 0.6) is 0 Å². The summed E-state index contributed by atoms with van der Waals surface area (Å²) < 4.78 is 31.3. The van der Waals surface area contributed by atoms with E-state index in [1.807, 2.05) is 6.07 Å². The molecule has 29 heavy (non-hydrogen) atoms. The van der Waals surface area contributed by atoms with Gasteiger partial charge in [-0.25, -0.2) is 13.2 Å². The fraction of sp³-hybridized carbons (Fsp3) is 0.0455. The first-order valence-electron chi connectivity index (χ1n) is 8.70. The van der Waals surface area contributed by atoms with Crippen molar-refractivity contribution in [3.63, 3.8) is 0 Å². The topological polar surface area (TPSA) is 72.5 Å². The molecule has 5 nitrogen and oxygen atoms in total. The number of amides is 1. The molecule has 3 rings (SSSR count). The summed E-state index contributed by atoms with van der Waals surface area (Å²) in [5.74, 6) is 0. The van der Waals surface area contributed by atoms with Gasteiger partial charge in [0.15, 0.2) is 0 Å². The summed E-state index contributed by atoms with van der Waals surface area (Å²) in [4.78, 5) is 12.2. The molecule has 0 aromatic heterocycles. The van der Waals surface area contributed by atoms with Crippen molar-refractivity contribution in [3.8, 4) is 0 Å². The van der Waals surface area contributed by atoms with Gasteiger partial charge in [-0.1, -0.05) is 60.1 Å². The fourth-order valence-electron chi connectivity index (χ4n) is 2.51. The second kappa shape index (κ2) is 9.41. The predicted octanol–water partition coefficient (Wildman–Crippen LogP) is 5.40. The Kier molecular flexibility index (Phi) is 6.69. The average Bonchev–Trinajstić information content (AvgIpc) is 2.74. The molecule has 0 atom stereocenters. The second-order valence-electron chi connectivity index (χ2n) is 6.05. The summed E-state index contributed by atoms with van der Waals surface area (Å²) in [6.45, 7) is -0.411. The van der Waals surface area contributed by atoms with Crippen LogP contribution in [-0.4, -0.2) is 21.1 Å². The Morgan fingerprint density at radius 3 is 2.10 bits per heavy atom. The van der Waals surface area contributed by atoms with Gasteiger partial charge in [-0.2, -0.15) is 0 Å². The highest BCUT2D eigenvalue weighted by molar-refractivity contribution is 7.95. The minimum atomic E-state index is -3.83. The highest BCUT2D eigenvalue weighted by Gasteiger charge is 2.22. The van der Waals surface area contributed by atoms with E-state index in [1.165, 1.54) is 18.2 Å². The zero-order chi connectivity index (χ0) is 20.7. The maximum absolute atomic E-state index is 13.1. The van der Waals surface area contributed by atoms with Crippen LogP contribution in [0, 0.1) is 0 Å². The Morgan fingerprint density at radius 2 is 1.48 bits per heavy atom. The van der Waals surface area contributed by atoms with E-state index in [9.17, 15) is 13.2 Å². The SMILES string of the molecule is O=C(Nc1ccc(Cl)cc1)OCC(=Cc1ccccc1)S(=O)(=O)c1ccccc1. The molecule has 1 N–H and O–H groups in total. The lowest BCUT2D eigenvalue weighted by molar-refractivity contribution is 0.173. The van der Waals surface area contributed by atoms with Crippen LogP contribution in [-0.2, 0) is 14.6 Å². The Balaban J connectivity index is 1.81. The van der Waals surface area contributed by atoms with Gasteiger partial charge in [-0.15, -0.1) is 0 Å². The third-order valence-electron chi connectivity index (χ3n) is 3.96. The smallest absolute Gasteiger partial charge is 0.411 e. The Bertz CT molecular complexity index is 1100. The zero-order valence-corrected chi connectivity index (χ0v) is 16.9. The number of sulfone groups is 1. The molecule has 3 aromatic rings. The number of rotatable bonds is 6. The summed E-state index contributed by atoms with van der Waals surface area (Å²) in [6.07, 6.45) is 0.729. The van der Waals surface area contributed by atoms with Crippen molar-refractivity contribution in [2.24, 2.45) is 0 Å². The quantitative estimate of drug-likeness (QED) is 0.571. The first kappa shape index (κ1) is 20.6. The third kappa shape index (κ3) is 5.70. The van der Waals surface area contributed by atoms with Crippen LogP contribution >= 0.6 is 11.6 Å². The highest BCUT2D eigenvalue weighted by atomic mass is 35.5. The second-order valence-corrected chi connectivity index (χ2v) is 8.48. The van der Waals surface area contributed by atoms with E-state index in [-0.39, 0.29) is 9.80 Å². The van der Waals surface area contributed by atoms with E-state index in [1.54, 1.807) is 66.7 Å². The first-order valence-corrected chi connectivity index (χ1v) is 10.6. The molecule has 1 amide bonds. The van der Waals surface area contributed by atoms with Gasteiger partial charge in [0.05, 0.1) is 9.80 Å². The standard InChI is InChI=1S/C22H18ClNO4S/c23-18-11-13-19(14-12-18)24-22(25)28-16-21(15-17-7-3-1-4-8-17)29(26,27)20-9-5-2-6-10-20/h1-15H,16H2,(H,24,25). The molecule has 0 saturated carbocycles. The van der Waals surface area contributed by atoms with Gasteiger partial charge in [-0.05, 0) is 48.0 Å². The molecule has 3 aromatic carbocycles. The van der Waals surface area contributed by atoms with Gasteiger partial charge in [0.25, 0.3) is 0 Å². The number of hydrogen-bond acceptors (Lipinski definition) is 4. The number of anilines is 1. The van der Waals surface area contributed by atoms with E-state index in [0.29, 0.717) is 16.3 Å². The van der Waals surface area contributed by atoms with Crippen LogP contribution in [0.2, 0.25) is 5.02 Å². The van der Waals surface area contributed by atoms with Gasteiger partial charge in [0.1, 0.15) is 6.61 Å². The van der Waals surface area contributed by atoms with Crippen molar-refractivity contribution in [1.82, 2.24) is 0 Å². The van der Waals surface area contributed by atoms with E-state index >= 15 is 0 Å². The summed E-state index contributed by atoms with van der Waals surface area (Å²) in [7, 11) is -3.83.